The van der Waals surface area contributed by atoms with Crippen LogP contribution < -0.4 is 10.6 Å². The lowest BCUT2D eigenvalue weighted by atomic mass is 10.2. The fraction of sp³-hybridized carbons (Fsp3) is 0.708. The minimum atomic E-state index is 0. The lowest BCUT2D eigenvalue weighted by molar-refractivity contribution is 0.250. The van der Waals surface area contributed by atoms with E-state index >= 15 is 0 Å². The van der Waals surface area contributed by atoms with Crippen LogP contribution in [0.4, 0.5) is 0 Å². The molecule has 2 fully saturated rings. The first-order valence-electron chi connectivity index (χ1n) is 12.0. The fourth-order valence-corrected chi connectivity index (χ4v) is 4.50. The highest BCUT2D eigenvalue weighted by atomic mass is 127. The van der Waals surface area contributed by atoms with Crippen LogP contribution in [0.5, 0.6) is 0 Å². The minimum absolute atomic E-state index is 0. The summed E-state index contributed by atoms with van der Waals surface area (Å²) in [4.78, 5) is 12.6. The lowest BCUT2D eigenvalue weighted by Gasteiger charge is -2.24. The van der Waals surface area contributed by atoms with Crippen LogP contribution in [0.2, 0.25) is 0 Å². The smallest absolute Gasteiger partial charge is 0.191 e. The molecule has 2 aliphatic rings. The minimum Gasteiger partial charge on any atom is -0.357 e. The number of rotatable bonds is 9. The van der Waals surface area contributed by atoms with E-state index in [0.29, 0.717) is 6.04 Å². The maximum atomic E-state index is 4.93. The van der Waals surface area contributed by atoms with Gasteiger partial charge < -0.3 is 20.4 Å². The van der Waals surface area contributed by atoms with Crippen LogP contribution in [0.25, 0.3) is 0 Å². The number of benzene rings is 1. The van der Waals surface area contributed by atoms with Gasteiger partial charge in [-0.3, -0.25) is 9.89 Å². The molecule has 1 atom stereocenters. The van der Waals surface area contributed by atoms with E-state index in [1.54, 1.807) is 0 Å². The number of aliphatic imine (C=N–C) groups is 1. The molecule has 3 rings (SSSR count). The Kier molecular flexibility index (Phi) is 12.8. The second kappa shape index (κ2) is 15.0. The van der Waals surface area contributed by atoms with Gasteiger partial charge in [0, 0.05) is 38.8 Å². The summed E-state index contributed by atoms with van der Waals surface area (Å²) in [5.74, 6) is 0.972. The van der Waals surface area contributed by atoms with E-state index in [9.17, 15) is 0 Å². The summed E-state index contributed by atoms with van der Waals surface area (Å²) in [6.07, 6.45) is 4.98. The third-order valence-corrected chi connectivity index (χ3v) is 6.29. The van der Waals surface area contributed by atoms with Crippen LogP contribution in [0.1, 0.15) is 38.2 Å². The molecule has 0 aromatic heterocycles. The Bertz CT molecular complexity index is 626. The number of hydrogen-bond donors (Lipinski definition) is 2. The predicted octanol–water partition coefficient (Wildman–Crippen LogP) is 2.85. The molecule has 0 bridgehead atoms. The van der Waals surface area contributed by atoms with Crippen molar-refractivity contribution < 1.29 is 0 Å². The number of likely N-dealkylation sites (N-methyl/N-ethyl adjacent to an activating group) is 1. The summed E-state index contributed by atoms with van der Waals surface area (Å²) in [6.45, 7) is 13.2. The van der Waals surface area contributed by atoms with Gasteiger partial charge in [-0.15, -0.1) is 24.0 Å². The summed E-state index contributed by atoms with van der Waals surface area (Å²) in [6, 6.07) is 11.4. The average molecular weight is 543 g/mol. The van der Waals surface area contributed by atoms with Gasteiger partial charge in [-0.25, -0.2) is 0 Å². The molecule has 176 valence electrons. The van der Waals surface area contributed by atoms with E-state index in [1.165, 1.54) is 64.1 Å². The Morgan fingerprint density at radius 2 is 1.87 bits per heavy atom. The zero-order valence-electron chi connectivity index (χ0n) is 19.6. The maximum absolute atomic E-state index is 4.93. The normalized spacial score (nSPS) is 21.5. The summed E-state index contributed by atoms with van der Waals surface area (Å²) in [5.41, 5.74) is 1.40. The predicted molar refractivity (Wildman–Crippen MR) is 142 cm³/mol. The molecule has 2 N–H and O–H groups in total. The van der Waals surface area contributed by atoms with Crippen molar-refractivity contribution in [3.63, 3.8) is 0 Å². The van der Waals surface area contributed by atoms with Gasteiger partial charge in [0.05, 0.1) is 6.54 Å². The molecule has 1 unspecified atom stereocenters. The Labute approximate surface area is 206 Å². The number of guanidine groups is 1. The average Bonchev–Trinajstić information content (AvgIpc) is 3.09. The monoisotopic (exact) mass is 542 g/mol. The SMILES string of the molecule is CCNC(=NCC1CCCN1Cc1ccccc1)NCCCN1CCCN(C)CC1.I. The van der Waals surface area contributed by atoms with Crippen LogP contribution >= 0.6 is 24.0 Å². The van der Waals surface area contributed by atoms with Crippen molar-refractivity contribution in [2.45, 2.75) is 45.2 Å². The number of hydrogen-bond acceptors (Lipinski definition) is 4. The van der Waals surface area contributed by atoms with E-state index < -0.39 is 0 Å². The third-order valence-electron chi connectivity index (χ3n) is 6.29. The topological polar surface area (TPSA) is 46.1 Å². The molecule has 0 aliphatic carbocycles. The van der Waals surface area contributed by atoms with Crippen molar-refractivity contribution in [2.24, 2.45) is 4.99 Å². The summed E-state index contributed by atoms with van der Waals surface area (Å²) < 4.78 is 0. The van der Waals surface area contributed by atoms with Gasteiger partial charge in [-0.05, 0) is 71.4 Å². The molecule has 0 spiro atoms. The quantitative estimate of drug-likeness (QED) is 0.218. The molecule has 0 radical (unpaired) electrons. The zero-order valence-corrected chi connectivity index (χ0v) is 21.9. The molecule has 7 heteroatoms. The molecule has 6 nitrogen and oxygen atoms in total. The van der Waals surface area contributed by atoms with Crippen molar-refractivity contribution >= 4 is 29.9 Å². The van der Waals surface area contributed by atoms with Crippen LogP contribution in [0.15, 0.2) is 35.3 Å². The molecule has 2 heterocycles. The molecule has 31 heavy (non-hydrogen) atoms. The fourth-order valence-electron chi connectivity index (χ4n) is 4.50. The highest BCUT2D eigenvalue weighted by Crippen LogP contribution is 2.20. The molecular weight excluding hydrogens is 499 g/mol. The van der Waals surface area contributed by atoms with E-state index in [4.69, 9.17) is 4.99 Å². The van der Waals surface area contributed by atoms with Gasteiger partial charge in [0.2, 0.25) is 0 Å². The van der Waals surface area contributed by atoms with Gasteiger partial charge in [-0.1, -0.05) is 30.3 Å². The first kappa shape index (κ1) is 26.4. The highest BCUT2D eigenvalue weighted by Gasteiger charge is 2.24. The third kappa shape index (κ3) is 9.63. The van der Waals surface area contributed by atoms with Crippen molar-refractivity contribution in [2.75, 3.05) is 66.0 Å². The van der Waals surface area contributed by atoms with Gasteiger partial charge in [-0.2, -0.15) is 0 Å². The van der Waals surface area contributed by atoms with Crippen LogP contribution in [0.3, 0.4) is 0 Å². The molecule has 1 aromatic carbocycles. The summed E-state index contributed by atoms with van der Waals surface area (Å²) in [5, 5.41) is 6.98. The first-order valence-corrected chi connectivity index (χ1v) is 12.0. The molecule has 2 aliphatic heterocycles. The Morgan fingerprint density at radius 1 is 1.03 bits per heavy atom. The summed E-state index contributed by atoms with van der Waals surface area (Å²) in [7, 11) is 2.23. The lowest BCUT2D eigenvalue weighted by Crippen LogP contribution is -2.40. The van der Waals surface area contributed by atoms with E-state index in [0.717, 1.165) is 38.6 Å². The van der Waals surface area contributed by atoms with Crippen molar-refractivity contribution in [1.82, 2.24) is 25.3 Å². The van der Waals surface area contributed by atoms with Gasteiger partial charge in [0.25, 0.3) is 0 Å². The second-order valence-electron chi connectivity index (χ2n) is 8.75. The molecule has 0 saturated carbocycles. The van der Waals surface area contributed by atoms with E-state index in [-0.39, 0.29) is 24.0 Å². The van der Waals surface area contributed by atoms with Crippen LogP contribution in [-0.2, 0) is 6.54 Å². The van der Waals surface area contributed by atoms with Gasteiger partial charge in [0.1, 0.15) is 0 Å². The van der Waals surface area contributed by atoms with Crippen molar-refractivity contribution in [3.05, 3.63) is 35.9 Å². The maximum Gasteiger partial charge on any atom is 0.191 e. The molecule has 0 amide bonds. The largest absolute Gasteiger partial charge is 0.357 e. The first-order chi connectivity index (χ1) is 14.7. The number of nitrogens with one attached hydrogen (secondary N) is 2. The van der Waals surface area contributed by atoms with Crippen molar-refractivity contribution in [1.29, 1.82) is 0 Å². The number of likely N-dealkylation sites (tertiary alicyclic amines) is 1. The zero-order chi connectivity index (χ0) is 21.0. The molecular formula is C24H43IN6. The van der Waals surface area contributed by atoms with E-state index in [1.807, 2.05) is 0 Å². The number of halogens is 1. The Morgan fingerprint density at radius 3 is 2.68 bits per heavy atom. The van der Waals surface area contributed by atoms with Gasteiger partial charge >= 0.3 is 0 Å². The van der Waals surface area contributed by atoms with Crippen molar-refractivity contribution in [3.8, 4) is 0 Å². The molecule has 2 saturated heterocycles. The highest BCUT2D eigenvalue weighted by molar-refractivity contribution is 14.0. The molecule has 1 aromatic rings. The Balaban J connectivity index is 0.00000341. The van der Waals surface area contributed by atoms with Crippen LogP contribution in [-0.4, -0.2) is 92.7 Å². The summed E-state index contributed by atoms with van der Waals surface area (Å²) >= 11 is 0. The second-order valence-corrected chi connectivity index (χ2v) is 8.75. The van der Waals surface area contributed by atoms with E-state index in [2.05, 4.69) is 69.6 Å². The van der Waals surface area contributed by atoms with Gasteiger partial charge in [0.15, 0.2) is 5.96 Å². The van der Waals surface area contributed by atoms with Crippen LogP contribution in [0, 0.1) is 0 Å². The standard InChI is InChI=1S/C24H42N6.HI/c1-3-25-24(26-13-8-15-29-16-9-14-28(2)18-19-29)27-20-23-12-7-17-30(23)21-22-10-5-4-6-11-22;/h4-6,10-11,23H,3,7-9,12-21H2,1-2H3,(H2,25,26,27);1H. The Hall–Kier alpha value is -0.900. The number of nitrogens with zero attached hydrogens (tertiary/aromatic N) is 4.